The van der Waals surface area contributed by atoms with Gasteiger partial charge in [0.15, 0.2) is 11.6 Å². The Balaban J connectivity index is 1.92. The largest absolute Gasteiger partial charge is 0.465 e. The molecule has 0 unspecified atom stereocenters. The molecule has 1 aromatic carbocycles. The molecule has 4 rings (SSSR count). The maximum Gasteiger partial charge on any atom is 0.337 e. The van der Waals surface area contributed by atoms with Gasteiger partial charge in [-0.25, -0.2) is 9.78 Å². The van der Waals surface area contributed by atoms with E-state index in [4.69, 9.17) is 14.1 Å². The van der Waals surface area contributed by atoms with Crippen molar-refractivity contribution in [2.24, 2.45) is 0 Å². The molecule has 1 aliphatic rings. The fourth-order valence-electron chi connectivity index (χ4n) is 3.63. The van der Waals surface area contributed by atoms with Crippen LogP contribution in [0, 0.1) is 0 Å². The van der Waals surface area contributed by atoms with Crippen molar-refractivity contribution in [3.05, 3.63) is 42.2 Å². The molecule has 0 aliphatic heterocycles. The number of carbonyl (C=O) groups excluding carboxylic acids is 1. The number of esters is 1. The molecule has 5 heteroatoms. The number of methoxy groups -OCH3 is 1. The van der Waals surface area contributed by atoms with Gasteiger partial charge in [-0.05, 0) is 43.2 Å². The summed E-state index contributed by atoms with van der Waals surface area (Å²) in [5.74, 6) is 1.27. The molecule has 0 bridgehead atoms. The van der Waals surface area contributed by atoms with E-state index in [1.807, 2.05) is 24.3 Å². The number of carbonyl (C=O) groups is 1. The molecule has 0 spiro atoms. The van der Waals surface area contributed by atoms with Crippen LogP contribution in [0.1, 0.15) is 48.5 Å². The molecule has 0 N–H and O–H groups in total. The molecule has 2 heterocycles. The third-order valence-electron chi connectivity index (χ3n) is 4.79. The Morgan fingerprint density at radius 3 is 2.79 bits per heavy atom. The van der Waals surface area contributed by atoms with Crippen molar-refractivity contribution >= 4 is 17.0 Å². The summed E-state index contributed by atoms with van der Waals surface area (Å²) in [7, 11) is 1.40. The normalized spacial score (nSPS) is 15.7. The molecular weight excluding hydrogens is 304 g/mol. The fourth-order valence-corrected chi connectivity index (χ4v) is 3.63. The van der Waals surface area contributed by atoms with Crippen LogP contribution in [0.15, 0.2) is 41.0 Å². The van der Waals surface area contributed by atoms with Crippen molar-refractivity contribution in [1.29, 1.82) is 0 Å². The number of imidazole rings is 1. The summed E-state index contributed by atoms with van der Waals surface area (Å²) in [6, 6.07) is 9.72. The molecule has 0 atom stereocenters. The van der Waals surface area contributed by atoms with E-state index >= 15 is 0 Å². The van der Waals surface area contributed by atoms with Crippen LogP contribution in [0.5, 0.6) is 0 Å². The summed E-state index contributed by atoms with van der Waals surface area (Å²) in [5, 5.41) is 0. The van der Waals surface area contributed by atoms with Gasteiger partial charge in [0.05, 0.1) is 30.0 Å². The molecule has 124 valence electrons. The fraction of sp³-hybridized carbons (Fsp3) is 0.368. The number of furan rings is 1. The van der Waals surface area contributed by atoms with Crippen LogP contribution < -0.4 is 0 Å². The average Bonchev–Trinajstić information content (AvgIpc) is 3.28. The third kappa shape index (κ3) is 2.50. The minimum Gasteiger partial charge on any atom is -0.465 e. The predicted molar refractivity (Wildman–Crippen MR) is 90.9 cm³/mol. The van der Waals surface area contributed by atoms with Gasteiger partial charge in [-0.3, -0.25) is 0 Å². The van der Waals surface area contributed by atoms with Gasteiger partial charge in [0, 0.05) is 6.04 Å². The number of benzene rings is 1. The van der Waals surface area contributed by atoms with Crippen molar-refractivity contribution in [3.63, 3.8) is 0 Å². The second kappa shape index (κ2) is 6.15. The van der Waals surface area contributed by atoms with Gasteiger partial charge in [0.2, 0.25) is 0 Å². The summed E-state index contributed by atoms with van der Waals surface area (Å²) in [5.41, 5.74) is 2.39. The maximum absolute atomic E-state index is 11.9. The van der Waals surface area contributed by atoms with Crippen LogP contribution in [0.4, 0.5) is 0 Å². The molecular formula is C19H20N2O3. The van der Waals surface area contributed by atoms with Gasteiger partial charge in [0.1, 0.15) is 0 Å². The lowest BCUT2D eigenvalue weighted by molar-refractivity contribution is 0.0601. The van der Waals surface area contributed by atoms with Crippen LogP contribution in [0.2, 0.25) is 0 Å². The highest BCUT2D eigenvalue weighted by Crippen LogP contribution is 2.36. The van der Waals surface area contributed by atoms with Crippen LogP contribution in [-0.2, 0) is 4.74 Å². The Morgan fingerprint density at radius 1 is 1.25 bits per heavy atom. The van der Waals surface area contributed by atoms with E-state index in [1.54, 1.807) is 12.3 Å². The SMILES string of the molecule is COC(=O)c1ccc2nc(-c3ccco3)n(C3CCCCC3)c2c1. The highest BCUT2D eigenvalue weighted by atomic mass is 16.5. The van der Waals surface area contributed by atoms with Crippen LogP contribution in [0.25, 0.3) is 22.6 Å². The monoisotopic (exact) mass is 324 g/mol. The molecule has 2 aromatic heterocycles. The first-order chi connectivity index (χ1) is 11.8. The first-order valence-corrected chi connectivity index (χ1v) is 8.42. The maximum atomic E-state index is 11.9. The van der Waals surface area contributed by atoms with E-state index in [2.05, 4.69) is 4.57 Å². The zero-order valence-corrected chi connectivity index (χ0v) is 13.7. The van der Waals surface area contributed by atoms with E-state index in [-0.39, 0.29) is 5.97 Å². The lowest BCUT2D eigenvalue weighted by atomic mass is 9.95. The Hall–Kier alpha value is -2.56. The van der Waals surface area contributed by atoms with Gasteiger partial charge >= 0.3 is 5.97 Å². The summed E-state index contributed by atoms with van der Waals surface area (Å²) in [6.07, 6.45) is 7.65. The Bertz CT molecular complexity index is 858. The van der Waals surface area contributed by atoms with Crippen molar-refractivity contribution in [2.75, 3.05) is 7.11 Å². The second-order valence-electron chi connectivity index (χ2n) is 6.27. The van der Waals surface area contributed by atoms with Crippen molar-refractivity contribution in [3.8, 4) is 11.6 Å². The summed E-state index contributed by atoms with van der Waals surface area (Å²) < 4.78 is 12.7. The zero-order chi connectivity index (χ0) is 16.5. The Kier molecular flexibility index (Phi) is 3.84. The molecule has 1 saturated carbocycles. The Labute approximate surface area is 140 Å². The van der Waals surface area contributed by atoms with Gasteiger partial charge in [-0.15, -0.1) is 0 Å². The highest BCUT2D eigenvalue weighted by molar-refractivity contribution is 5.94. The average molecular weight is 324 g/mol. The Morgan fingerprint density at radius 2 is 2.08 bits per heavy atom. The summed E-state index contributed by atoms with van der Waals surface area (Å²) >= 11 is 0. The van der Waals surface area contributed by atoms with Crippen LogP contribution in [0.3, 0.4) is 0 Å². The van der Waals surface area contributed by atoms with Gasteiger partial charge < -0.3 is 13.7 Å². The third-order valence-corrected chi connectivity index (χ3v) is 4.79. The summed E-state index contributed by atoms with van der Waals surface area (Å²) in [4.78, 5) is 16.7. The minimum atomic E-state index is -0.326. The van der Waals surface area contributed by atoms with E-state index in [9.17, 15) is 4.79 Å². The number of hydrogen-bond donors (Lipinski definition) is 0. The molecule has 3 aromatic rings. The number of rotatable bonds is 3. The quantitative estimate of drug-likeness (QED) is 0.661. The smallest absolute Gasteiger partial charge is 0.337 e. The van der Waals surface area contributed by atoms with Gasteiger partial charge in [-0.2, -0.15) is 0 Å². The van der Waals surface area contributed by atoms with E-state index in [1.165, 1.54) is 26.4 Å². The molecule has 24 heavy (non-hydrogen) atoms. The summed E-state index contributed by atoms with van der Waals surface area (Å²) in [6.45, 7) is 0. The van der Waals surface area contributed by atoms with Crippen molar-refractivity contribution in [2.45, 2.75) is 38.1 Å². The molecule has 0 saturated heterocycles. The van der Waals surface area contributed by atoms with Crippen molar-refractivity contribution in [1.82, 2.24) is 9.55 Å². The van der Waals surface area contributed by atoms with E-state index < -0.39 is 0 Å². The van der Waals surface area contributed by atoms with E-state index in [0.29, 0.717) is 11.6 Å². The van der Waals surface area contributed by atoms with Crippen LogP contribution in [-0.4, -0.2) is 22.6 Å². The van der Waals surface area contributed by atoms with Crippen molar-refractivity contribution < 1.29 is 13.9 Å². The molecule has 5 nitrogen and oxygen atoms in total. The standard InChI is InChI=1S/C19H20N2O3/c1-23-19(22)13-9-10-15-16(12-13)21(14-6-3-2-4-7-14)18(20-15)17-8-5-11-24-17/h5,8-12,14H,2-4,6-7H2,1H3. The predicted octanol–water partition coefficient (Wildman–Crippen LogP) is 4.59. The van der Waals surface area contributed by atoms with Crippen LogP contribution >= 0.6 is 0 Å². The molecule has 0 amide bonds. The highest BCUT2D eigenvalue weighted by Gasteiger charge is 2.24. The zero-order valence-electron chi connectivity index (χ0n) is 13.7. The number of hydrogen-bond acceptors (Lipinski definition) is 4. The number of fused-ring (bicyclic) bond motifs is 1. The number of ether oxygens (including phenoxy) is 1. The van der Waals surface area contributed by atoms with E-state index in [0.717, 1.165) is 35.5 Å². The first-order valence-electron chi connectivity index (χ1n) is 8.42. The van der Waals surface area contributed by atoms with Gasteiger partial charge in [-0.1, -0.05) is 19.3 Å². The first kappa shape index (κ1) is 15.0. The topological polar surface area (TPSA) is 57.3 Å². The lowest BCUT2D eigenvalue weighted by Crippen LogP contribution is -2.14. The second-order valence-corrected chi connectivity index (χ2v) is 6.27. The lowest BCUT2D eigenvalue weighted by Gasteiger charge is -2.25. The molecule has 1 aliphatic carbocycles. The van der Waals surface area contributed by atoms with Gasteiger partial charge in [0.25, 0.3) is 0 Å². The number of aromatic nitrogens is 2. The minimum absolute atomic E-state index is 0.326. The molecule has 1 fully saturated rings. The number of nitrogens with zero attached hydrogens (tertiary/aromatic N) is 2. The molecule has 0 radical (unpaired) electrons.